The monoisotopic (exact) mass is 374 g/mol. The number of rotatable bonds is 3. The molecule has 0 saturated heterocycles. The standard InChI is InChI=1S/C18H23O2.BrH.Mg/c1-19-16-5-3-4-15(17(16)20-2)18-9-12-6-13(10-18)8-14(7-12)11-18;;/h4-5,12-14H,6-11H2,1-2H3;1H;/q-1;;+2/p-1. The van der Waals surface area contributed by atoms with Gasteiger partial charge in [-0.15, -0.1) is 11.6 Å². The van der Waals surface area contributed by atoms with Crippen molar-refractivity contribution in [2.24, 2.45) is 17.8 Å². The molecule has 5 rings (SSSR count). The van der Waals surface area contributed by atoms with Crippen molar-refractivity contribution in [2.75, 3.05) is 14.2 Å². The smallest absolute Gasteiger partial charge is 1.00 e. The van der Waals surface area contributed by atoms with Crippen LogP contribution in [0, 0.1) is 23.8 Å². The second kappa shape index (κ2) is 6.90. The zero-order chi connectivity index (χ0) is 13.7. The van der Waals surface area contributed by atoms with Crippen LogP contribution in [0.3, 0.4) is 0 Å². The van der Waals surface area contributed by atoms with E-state index in [0.717, 1.165) is 29.3 Å². The minimum absolute atomic E-state index is 0. The number of halogens is 1. The summed E-state index contributed by atoms with van der Waals surface area (Å²) in [5.74, 6) is 4.61. The van der Waals surface area contributed by atoms with Crippen LogP contribution < -0.4 is 26.5 Å². The average molecular weight is 376 g/mol. The van der Waals surface area contributed by atoms with Gasteiger partial charge in [0.15, 0.2) is 0 Å². The zero-order valence-corrected chi connectivity index (χ0v) is 16.5. The van der Waals surface area contributed by atoms with Gasteiger partial charge in [-0.25, -0.2) is 0 Å². The maximum Gasteiger partial charge on any atom is 2.00 e. The Balaban J connectivity index is 0.000000882. The minimum atomic E-state index is 0. The molecule has 0 aromatic heterocycles. The molecule has 0 atom stereocenters. The molecule has 22 heavy (non-hydrogen) atoms. The van der Waals surface area contributed by atoms with Crippen LogP contribution in [0.25, 0.3) is 0 Å². The predicted octanol–water partition coefficient (Wildman–Crippen LogP) is 0.595. The van der Waals surface area contributed by atoms with Crippen molar-refractivity contribution in [3.05, 3.63) is 23.8 Å². The topological polar surface area (TPSA) is 18.5 Å². The molecule has 4 aliphatic carbocycles. The van der Waals surface area contributed by atoms with Crippen LogP contribution in [0.4, 0.5) is 0 Å². The number of ether oxygens (including phenoxy) is 2. The van der Waals surface area contributed by atoms with E-state index < -0.39 is 0 Å². The SMILES string of the molecule is COc1c[c-]cc(C23CC4CC(CC(C4)C2)C3)c1OC.[Br-].[Mg+2]. The third-order valence-corrected chi connectivity index (χ3v) is 5.94. The van der Waals surface area contributed by atoms with Gasteiger partial charge in [0.1, 0.15) is 0 Å². The summed E-state index contributed by atoms with van der Waals surface area (Å²) in [5, 5.41) is 0. The van der Waals surface area contributed by atoms with Crippen LogP contribution in [0.2, 0.25) is 0 Å². The van der Waals surface area contributed by atoms with E-state index in [-0.39, 0.29) is 40.0 Å². The molecule has 4 bridgehead atoms. The first-order chi connectivity index (χ1) is 9.74. The second-order valence-corrected chi connectivity index (χ2v) is 7.17. The third kappa shape index (κ3) is 2.80. The van der Waals surface area contributed by atoms with Gasteiger partial charge in [-0.3, -0.25) is 0 Å². The van der Waals surface area contributed by atoms with E-state index in [1.807, 2.05) is 6.07 Å². The quantitative estimate of drug-likeness (QED) is 0.569. The van der Waals surface area contributed by atoms with E-state index in [9.17, 15) is 0 Å². The summed E-state index contributed by atoms with van der Waals surface area (Å²) in [6.07, 6.45) is 8.43. The van der Waals surface area contributed by atoms with Crippen molar-refractivity contribution >= 4 is 23.1 Å². The van der Waals surface area contributed by atoms with E-state index in [0.29, 0.717) is 5.41 Å². The van der Waals surface area contributed by atoms with Crippen LogP contribution in [0.1, 0.15) is 44.1 Å². The van der Waals surface area contributed by atoms with Crippen molar-refractivity contribution in [1.82, 2.24) is 0 Å². The summed E-state index contributed by atoms with van der Waals surface area (Å²) in [6.45, 7) is 0. The van der Waals surface area contributed by atoms with Gasteiger partial charge >= 0.3 is 23.1 Å². The number of hydrogen-bond donors (Lipinski definition) is 0. The molecule has 0 amide bonds. The fraction of sp³-hybridized carbons (Fsp3) is 0.667. The van der Waals surface area contributed by atoms with E-state index in [1.165, 1.54) is 44.1 Å². The van der Waals surface area contributed by atoms with Crippen LogP contribution in [-0.2, 0) is 5.41 Å². The molecule has 1 aromatic rings. The van der Waals surface area contributed by atoms with Gasteiger partial charge in [-0.1, -0.05) is 19.3 Å². The first-order valence-corrected chi connectivity index (χ1v) is 7.86. The molecule has 4 fully saturated rings. The Morgan fingerprint density at radius 3 is 1.95 bits per heavy atom. The Hall–Kier alpha value is 0.0662. The van der Waals surface area contributed by atoms with Crippen molar-refractivity contribution in [2.45, 2.75) is 43.9 Å². The first kappa shape index (κ1) is 18.4. The number of hydrogen-bond acceptors (Lipinski definition) is 2. The maximum atomic E-state index is 5.71. The largest absolute Gasteiger partial charge is 2.00 e. The first-order valence-electron chi connectivity index (χ1n) is 7.86. The molecule has 0 heterocycles. The number of benzene rings is 1. The predicted molar refractivity (Wildman–Crippen MR) is 84.0 cm³/mol. The van der Waals surface area contributed by atoms with Gasteiger partial charge < -0.3 is 26.5 Å². The molecule has 116 valence electrons. The molecular formula is C18H23BrMgO2. The molecule has 4 heteroatoms. The van der Waals surface area contributed by atoms with Crippen LogP contribution in [0.15, 0.2) is 12.1 Å². The molecule has 1 aromatic carbocycles. The fourth-order valence-corrected chi connectivity index (χ4v) is 5.66. The summed E-state index contributed by atoms with van der Waals surface area (Å²) in [6, 6.07) is 7.33. The van der Waals surface area contributed by atoms with Crippen molar-refractivity contribution < 1.29 is 26.5 Å². The van der Waals surface area contributed by atoms with Crippen molar-refractivity contribution in [3.8, 4) is 11.5 Å². The Kier molecular flexibility index (Phi) is 5.77. The maximum absolute atomic E-state index is 5.71. The Bertz CT molecular complexity index is 497. The van der Waals surface area contributed by atoms with Gasteiger partial charge in [0.05, 0.1) is 20.0 Å². The Labute approximate surface area is 160 Å². The normalized spacial score (nSPS) is 34.5. The molecule has 4 aliphatic rings. The molecular weight excluding hydrogens is 352 g/mol. The second-order valence-electron chi connectivity index (χ2n) is 7.17. The minimum Gasteiger partial charge on any atom is -1.00 e. The van der Waals surface area contributed by atoms with Gasteiger partial charge in [0.2, 0.25) is 0 Å². The summed E-state index contributed by atoms with van der Waals surface area (Å²) >= 11 is 0. The average Bonchev–Trinajstić information content (AvgIpc) is 2.44. The summed E-state index contributed by atoms with van der Waals surface area (Å²) in [7, 11) is 3.48. The van der Waals surface area contributed by atoms with E-state index >= 15 is 0 Å². The number of methoxy groups -OCH3 is 2. The summed E-state index contributed by atoms with van der Waals surface area (Å²) in [5.41, 5.74) is 1.70. The molecule has 2 nitrogen and oxygen atoms in total. The summed E-state index contributed by atoms with van der Waals surface area (Å²) < 4.78 is 11.2. The molecule has 0 radical (unpaired) electrons. The van der Waals surface area contributed by atoms with Gasteiger partial charge in [0, 0.05) is 5.75 Å². The molecule has 0 N–H and O–H groups in total. The van der Waals surface area contributed by atoms with Crippen LogP contribution in [-0.4, -0.2) is 37.3 Å². The molecule has 0 aliphatic heterocycles. The van der Waals surface area contributed by atoms with Crippen molar-refractivity contribution in [3.63, 3.8) is 0 Å². The van der Waals surface area contributed by atoms with E-state index in [1.54, 1.807) is 14.2 Å². The van der Waals surface area contributed by atoms with Gasteiger partial charge in [-0.05, 0) is 42.4 Å². The van der Waals surface area contributed by atoms with Gasteiger partial charge in [-0.2, -0.15) is 12.1 Å². The molecule has 4 saturated carbocycles. The van der Waals surface area contributed by atoms with Crippen LogP contribution in [0.5, 0.6) is 11.5 Å². The molecule has 0 spiro atoms. The van der Waals surface area contributed by atoms with E-state index in [2.05, 4.69) is 12.1 Å². The summed E-state index contributed by atoms with van der Waals surface area (Å²) in [4.78, 5) is 0. The Morgan fingerprint density at radius 2 is 1.50 bits per heavy atom. The Morgan fingerprint density at radius 1 is 0.955 bits per heavy atom. The third-order valence-electron chi connectivity index (χ3n) is 5.94. The fourth-order valence-electron chi connectivity index (χ4n) is 5.66. The van der Waals surface area contributed by atoms with E-state index in [4.69, 9.17) is 9.47 Å². The molecule has 0 unspecified atom stereocenters. The zero-order valence-electron chi connectivity index (χ0n) is 13.5. The van der Waals surface area contributed by atoms with Gasteiger partial charge in [0.25, 0.3) is 0 Å². The van der Waals surface area contributed by atoms with Crippen molar-refractivity contribution in [1.29, 1.82) is 0 Å². The van der Waals surface area contributed by atoms with Crippen LogP contribution >= 0.6 is 0 Å².